The van der Waals surface area contributed by atoms with Gasteiger partial charge in [0.1, 0.15) is 5.82 Å². The number of hydrogen-bond acceptors (Lipinski definition) is 0. The average molecular weight is 390 g/mol. The molecule has 0 nitrogen and oxygen atoms in total. The van der Waals surface area contributed by atoms with Gasteiger partial charge in [-0.05, 0) is 42.7 Å². The third-order valence-corrected chi connectivity index (χ3v) is 5.20. The van der Waals surface area contributed by atoms with Gasteiger partial charge in [-0.3, -0.25) is 0 Å². The monoisotopic (exact) mass is 388 g/mol. The minimum Gasteiger partial charge on any atom is -0.207 e. The first-order valence-electron chi connectivity index (χ1n) is 6.64. The van der Waals surface area contributed by atoms with Gasteiger partial charge in [0.25, 0.3) is 0 Å². The first-order chi connectivity index (χ1) is 10.0. The van der Waals surface area contributed by atoms with Gasteiger partial charge in [0.15, 0.2) is 0 Å². The van der Waals surface area contributed by atoms with Crippen LogP contribution in [0.15, 0.2) is 46.9 Å². The second kappa shape index (κ2) is 7.13. The molecule has 0 atom stereocenters. The van der Waals surface area contributed by atoms with E-state index in [0.717, 1.165) is 15.6 Å². The largest absolute Gasteiger partial charge is 0.207 e. The fraction of sp³-hybridized carbons (Fsp3) is 0.294. The topological polar surface area (TPSA) is 0 Å². The molecular formula is C17H16BrCl2F. The number of aryl methyl sites for hydroxylation is 1. The molecule has 112 valence electrons. The van der Waals surface area contributed by atoms with Crippen LogP contribution in [0.3, 0.4) is 0 Å². The Kier molecular flexibility index (Phi) is 5.70. The zero-order valence-corrected chi connectivity index (χ0v) is 14.8. The van der Waals surface area contributed by atoms with Crippen LogP contribution in [0.5, 0.6) is 0 Å². The lowest BCUT2D eigenvalue weighted by atomic mass is 9.78. The maximum absolute atomic E-state index is 14.1. The Morgan fingerprint density at radius 3 is 2.43 bits per heavy atom. The molecule has 0 bridgehead atoms. The van der Waals surface area contributed by atoms with E-state index in [4.69, 9.17) is 23.2 Å². The fourth-order valence-corrected chi connectivity index (χ4v) is 3.60. The highest BCUT2D eigenvalue weighted by Gasteiger charge is 2.32. The van der Waals surface area contributed by atoms with Crippen molar-refractivity contribution in [2.45, 2.75) is 18.8 Å². The van der Waals surface area contributed by atoms with E-state index in [1.54, 1.807) is 12.1 Å². The molecule has 0 saturated carbocycles. The van der Waals surface area contributed by atoms with Crippen molar-refractivity contribution in [2.75, 3.05) is 11.8 Å². The molecule has 0 unspecified atom stereocenters. The minimum absolute atomic E-state index is 0.231. The van der Waals surface area contributed by atoms with Crippen LogP contribution in [0.4, 0.5) is 4.39 Å². The molecule has 0 spiro atoms. The molecule has 2 rings (SSSR count). The zero-order valence-electron chi connectivity index (χ0n) is 11.7. The van der Waals surface area contributed by atoms with E-state index >= 15 is 0 Å². The number of hydrogen-bond donors (Lipinski definition) is 0. The van der Waals surface area contributed by atoms with E-state index < -0.39 is 5.41 Å². The Bertz CT molecular complexity index is 624. The van der Waals surface area contributed by atoms with Crippen LogP contribution in [0.2, 0.25) is 0 Å². The Labute approximate surface area is 143 Å². The molecule has 0 N–H and O–H groups in total. The second-order valence-electron chi connectivity index (χ2n) is 5.33. The van der Waals surface area contributed by atoms with Gasteiger partial charge in [0.2, 0.25) is 0 Å². The Hall–Kier alpha value is -0.570. The molecule has 2 aromatic carbocycles. The summed E-state index contributed by atoms with van der Waals surface area (Å²) >= 11 is 15.9. The van der Waals surface area contributed by atoms with Gasteiger partial charge < -0.3 is 0 Å². The van der Waals surface area contributed by atoms with E-state index in [-0.39, 0.29) is 5.82 Å². The lowest BCUT2D eigenvalue weighted by Crippen LogP contribution is -2.33. The van der Waals surface area contributed by atoms with Crippen molar-refractivity contribution in [2.24, 2.45) is 0 Å². The predicted molar refractivity (Wildman–Crippen MR) is 92.1 cm³/mol. The molecule has 0 heterocycles. The summed E-state index contributed by atoms with van der Waals surface area (Å²) in [7, 11) is 0. The third-order valence-electron chi connectivity index (χ3n) is 3.68. The summed E-state index contributed by atoms with van der Waals surface area (Å²) in [6.45, 7) is 2.02. The second-order valence-corrected chi connectivity index (χ2v) is 6.78. The van der Waals surface area contributed by atoms with Crippen molar-refractivity contribution in [1.82, 2.24) is 0 Å². The molecule has 4 heteroatoms. The third kappa shape index (κ3) is 3.80. The van der Waals surface area contributed by atoms with Gasteiger partial charge in [-0.15, -0.1) is 23.2 Å². The molecule has 0 aliphatic rings. The van der Waals surface area contributed by atoms with Gasteiger partial charge >= 0.3 is 0 Å². The number of alkyl halides is 2. The normalized spacial score (nSPS) is 11.7. The van der Waals surface area contributed by atoms with Crippen molar-refractivity contribution in [3.8, 4) is 0 Å². The minimum atomic E-state index is -0.475. The summed E-state index contributed by atoms with van der Waals surface area (Å²) in [5, 5.41) is 0. The van der Waals surface area contributed by atoms with Crippen LogP contribution in [-0.2, 0) is 11.8 Å². The summed E-state index contributed by atoms with van der Waals surface area (Å²) in [4.78, 5) is 0. The molecule has 0 radical (unpaired) electrons. The number of rotatable bonds is 5. The van der Waals surface area contributed by atoms with Crippen LogP contribution < -0.4 is 0 Å². The molecule has 0 aliphatic heterocycles. The van der Waals surface area contributed by atoms with E-state index in [9.17, 15) is 4.39 Å². The number of benzene rings is 2. The highest BCUT2D eigenvalue weighted by atomic mass is 79.9. The van der Waals surface area contributed by atoms with E-state index in [1.165, 1.54) is 6.07 Å². The van der Waals surface area contributed by atoms with Gasteiger partial charge in [-0.2, -0.15) is 0 Å². The van der Waals surface area contributed by atoms with Crippen LogP contribution >= 0.6 is 39.1 Å². The summed E-state index contributed by atoms with van der Waals surface area (Å²) in [5.41, 5.74) is 2.33. The Morgan fingerprint density at radius 2 is 1.81 bits per heavy atom. The highest BCUT2D eigenvalue weighted by molar-refractivity contribution is 9.10. The smallest absolute Gasteiger partial charge is 0.126 e. The van der Waals surface area contributed by atoms with Crippen LogP contribution in [0.25, 0.3) is 0 Å². The molecule has 0 amide bonds. The molecule has 0 fully saturated rings. The van der Waals surface area contributed by atoms with Gasteiger partial charge in [-0.1, -0.05) is 45.8 Å². The van der Waals surface area contributed by atoms with Gasteiger partial charge in [0.05, 0.1) is 0 Å². The van der Waals surface area contributed by atoms with E-state index in [0.29, 0.717) is 23.7 Å². The van der Waals surface area contributed by atoms with Crippen LogP contribution in [0.1, 0.15) is 16.7 Å². The maximum Gasteiger partial charge on any atom is 0.126 e. The maximum atomic E-state index is 14.1. The summed E-state index contributed by atoms with van der Waals surface area (Å²) in [6.07, 6.45) is 0.467. The Morgan fingerprint density at radius 1 is 1.10 bits per heavy atom. The van der Waals surface area contributed by atoms with Crippen LogP contribution in [-0.4, -0.2) is 11.8 Å². The molecule has 21 heavy (non-hydrogen) atoms. The van der Waals surface area contributed by atoms with Crippen molar-refractivity contribution in [3.63, 3.8) is 0 Å². The standard InChI is InChI=1S/C17H16BrCl2F/c1-12-3-2-4-14(7-12)17(10-19,11-20)9-13-8-15(18)5-6-16(13)21/h2-8H,9-11H2,1H3. The van der Waals surface area contributed by atoms with Crippen molar-refractivity contribution in [1.29, 1.82) is 0 Å². The van der Waals surface area contributed by atoms with Crippen LogP contribution in [0, 0.1) is 12.7 Å². The zero-order chi connectivity index (χ0) is 15.5. The first-order valence-corrected chi connectivity index (χ1v) is 8.50. The van der Waals surface area contributed by atoms with Crippen molar-refractivity contribution < 1.29 is 4.39 Å². The molecular weight excluding hydrogens is 374 g/mol. The molecule has 0 saturated heterocycles. The van der Waals surface area contributed by atoms with E-state index in [2.05, 4.69) is 22.0 Å². The molecule has 0 aromatic heterocycles. The summed E-state index contributed by atoms with van der Waals surface area (Å²) < 4.78 is 14.9. The molecule has 2 aromatic rings. The van der Waals surface area contributed by atoms with Crippen molar-refractivity contribution >= 4 is 39.1 Å². The summed E-state index contributed by atoms with van der Waals surface area (Å²) in [6, 6.07) is 13.0. The van der Waals surface area contributed by atoms with Crippen molar-refractivity contribution in [3.05, 3.63) is 69.4 Å². The molecule has 0 aliphatic carbocycles. The highest BCUT2D eigenvalue weighted by Crippen LogP contribution is 2.33. The first kappa shape index (κ1) is 16.8. The quantitative estimate of drug-likeness (QED) is 0.562. The lowest BCUT2D eigenvalue weighted by Gasteiger charge is -2.31. The Balaban J connectivity index is 2.45. The van der Waals surface area contributed by atoms with E-state index in [1.807, 2.05) is 25.1 Å². The lowest BCUT2D eigenvalue weighted by molar-refractivity contribution is 0.511. The SMILES string of the molecule is Cc1cccc(C(CCl)(CCl)Cc2cc(Br)ccc2F)c1. The van der Waals surface area contributed by atoms with Gasteiger partial charge in [-0.25, -0.2) is 4.39 Å². The average Bonchev–Trinajstić information content (AvgIpc) is 2.48. The predicted octanol–water partition coefficient (Wildman–Crippen LogP) is 5.85. The fourth-order valence-electron chi connectivity index (χ4n) is 2.40. The number of halogens is 4. The summed E-state index contributed by atoms with van der Waals surface area (Å²) in [5.74, 6) is 0.447. The van der Waals surface area contributed by atoms with Gasteiger partial charge in [0, 0.05) is 21.6 Å².